The van der Waals surface area contributed by atoms with E-state index in [-0.39, 0.29) is 5.92 Å². The van der Waals surface area contributed by atoms with Crippen LogP contribution in [0.25, 0.3) is 0 Å². The van der Waals surface area contributed by atoms with Crippen molar-refractivity contribution >= 4 is 5.97 Å². The first-order chi connectivity index (χ1) is 5.72. The van der Waals surface area contributed by atoms with Crippen molar-refractivity contribution in [2.24, 2.45) is 5.92 Å². The van der Waals surface area contributed by atoms with Gasteiger partial charge in [-0.1, -0.05) is 31.9 Å². The van der Waals surface area contributed by atoms with Gasteiger partial charge >= 0.3 is 5.97 Å². The standard InChI is InChI=1S/C10H18O2/c1-3-5-7-9(10(11)12)8-6-4-2/h3,5,9H,4,6-8H2,1-2H3,(H,11,12). The molecule has 0 radical (unpaired) electrons. The Bertz CT molecular complexity index is 150. The molecule has 0 aliphatic carbocycles. The second-order valence-corrected chi connectivity index (χ2v) is 2.98. The number of aliphatic carboxylic acids is 1. The van der Waals surface area contributed by atoms with Crippen molar-refractivity contribution in [3.63, 3.8) is 0 Å². The van der Waals surface area contributed by atoms with Crippen LogP contribution in [-0.4, -0.2) is 11.1 Å². The number of carbonyl (C=O) groups is 1. The third-order valence-electron chi connectivity index (χ3n) is 1.91. The summed E-state index contributed by atoms with van der Waals surface area (Å²) in [5, 5.41) is 8.79. The van der Waals surface area contributed by atoms with Gasteiger partial charge in [0.2, 0.25) is 0 Å². The molecule has 0 aliphatic heterocycles. The Labute approximate surface area is 74.3 Å². The lowest BCUT2D eigenvalue weighted by atomic mass is 9.99. The third-order valence-corrected chi connectivity index (χ3v) is 1.91. The highest BCUT2D eigenvalue weighted by atomic mass is 16.4. The molecule has 0 aromatic heterocycles. The number of rotatable bonds is 6. The Balaban J connectivity index is 3.78. The largest absolute Gasteiger partial charge is 0.481 e. The first-order valence-corrected chi connectivity index (χ1v) is 4.56. The highest BCUT2D eigenvalue weighted by Gasteiger charge is 2.14. The number of hydrogen-bond donors (Lipinski definition) is 1. The van der Waals surface area contributed by atoms with Crippen molar-refractivity contribution in [2.45, 2.75) is 39.5 Å². The van der Waals surface area contributed by atoms with Crippen molar-refractivity contribution in [1.29, 1.82) is 0 Å². The van der Waals surface area contributed by atoms with Crippen molar-refractivity contribution in [2.75, 3.05) is 0 Å². The average Bonchev–Trinajstić information content (AvgIpc) is 2.04. The molecule has 0 amide bonds. The second kappa shape index (κ2) is 6.89. The van der Waals surface area contributed by atoms with E-state index in [0.29, 0.717) is 6.42 Å². The predicted molar refractivity (Wildman–Crippen MR) is 50.1 cm³/mol. The van der Waals surface area contributed by atoms with Crippen LogP contribution < -0.4 is 0 Å². The zero-order valence-corrected chi connectivity index (χ0v) is 7.92. The van der Waals surface area contributed by atoms with Gasteiger partial charge < -0.3 is 5.11 Å². The van der Waals surface area contributed by atoms with E-state index >= 15 is 0 Å². The van der Waals surface area contributed by atoms with Crippen molar-refractivity contribution in [3.05, 3.63) is 12.2 Å². The molecule has 0 aromatic carbocycles. The molecule has 0 fully saturated rings. The van der Waals surface area contributed by atoms with Crippen LogP contribution in [0.15, 0.2) is 12.2 Å². The lowest BCUT2D eigenvalue weighted by Gasteiger charge is -2.07. The Hall–Kier alpha value is -0.790. The maximum absolute atomic E-state index is 10.7. The van der Waals surface area contributed by atoms with Gasteiger partial charge in [-0.2, -0.15) is 0 Å². The van der Waals surface area contributed by atoms with Crippen LogP contribution in [-0.2, 0) is 4.79 Å². The Kier molecular flexibility index (Phi) is 6.44. The number of allylic oxidation sites excluding steroid dienone is 2. The topological polar surface area (TPSA) is 37.3 Å². The zero-order valence-electron chi connectivity index (χ0n) is 7.92. The number of hydrogen-bond acceptors (Lipinski definition) is 1. The van der Waals surface area contributed by atoms with Crippen LogP contribution in [0.5, 0.6) is 0 Å². The molecule has 12 heavy (non-hydrogen) atoms. The quantitative estimate of drug-likeness (QED) is 0.622. The van der Waals surface area contributed by atoms with Gasteiger partial charge in [-0.25, -0.2) is 0 Å². The van der Waals surface area contributed by atoms with Gasteiger partial charge in [0.25, 0.3) is 0 Å². The first kappa shape index (κ1) is 11.2. The molecule has 0 aliphatic rings. The maximum atomic E-state index is 10.7. The molecule has 0 aromatic rings. The SMILES string of the molecule is CC=CCC(CCCC)C(=O)O. The molecule has 2 heteroatoms. The molecule has 2 nitrogen and oxygen atoms in total. The molecule has 1 atom stereocenters. The predicted octanol–water partition coefficient (Wildman–Crippen LogP) is 2.84. The Morgan fingerprint density at radius 1 is 1.58 bits per heavy atom. The van der Waals surface area contributed by atoms with E-state index < -0.39 is 5.97 Å². The van der Waals surface area contributed by atoms with E-state index in [0.717, 1.165) is 19.3 Å². The van der Waals surface area contributed by atoms with E-state index in [1.54, 1.807) is 0 Å². The summed E-state index contributed by atoms with van der Waals surface area (Å²) in [5.41, 5.74) is 0. The maximum Gasteiger partial charge on any atom is 0.306 e. The van der Waals surface area contributed by atoms with Crippen LogP contribution in [0.2, 0.25) is 0 Å². The molecule has 0 saturated heterocycles. The normalized spacial score (nSPS) is 13.5. The van der Waals surface area contributed by atoms with E-state index in [2.05, 4.69) is 6.92 Å². The molecule has 0 bridgehead atoms. The summed E-state index contributed by atoms with van der Waals surface area (Å²) < 4.78 is 0. The molecule has 0 rings (SSSR count). The van der Waals surface area contributed by atoms with Crippen LogP contribution in [0.1, 0.15) is 39.5 Å². The summed E-state index contributed by atoms with van der Waals surface area (Å²) in [6.07, 6.45) is 7.38. The highest BCUT2D eigenvalue weighted by Crippen LogP contribution is 2.13. The minimum absolute atomic E-state index is 0.179. The van der Waals surface area contributed by atoms with Crippen molar-refractivity contribution in [3.8, 4) is 0 Å². The lowest BCUT2D eigenvalue weighted by molar-refractivity contribution is -0.141. The molecule has 1 N–H and O–H groups in total. The molecule has 1 unspecified atom stereocenters. The number of carboxylic acids is 1. The zero-order chi connectivity index (χ0) is 9.40. The summed E-state index contributed by atoms with van der Waals surface area (Å²) in [6.45, 7) is 3.99. The van der Waals surface area contributed by atoms with Crippen molar-refractivity contribution < 1.29 is 9.90 Å². The minimum Gasteiger partial charge on any atom is -0.481 e. The van der Waals surface area contributed by atoms with Gasteiger partial charge in [0.15, 0.2) is 0 Å². The molecular formula is C10H18O2. The first-order valence-electron chi connectivity index (χ1n) is 4.56. The Morgan fingerprint density at radius 3 is 2.67 bits per heavy atom. The van der Waals surface area contributed by atoms with E-state index in [1.165, 1.54) is 0 Å². The monoisotopic (exact) mass is 170 g/mol. The summed E-state index contributed by atoms with van der Waals surface area (Å²) in [5.74, 6) is -0.845. The van der Waals surface area contributed by atoms with Crippen LogP contribution >= 0.6 is 0 Å². The van der Waals surface area contributed by atoms with Crippen molar-refractivity contribution in [1.82, 2.24) is 0 Å². The Morgan fingerprint density at radius 2 is 2.25 bits per heavy atom. The van der Waals surface area contributed by atoms with E-state index in [9.17, 15) is 4.79 Å². The van der Waals surface area contributed by atoms with Gasteiger partial charge in [0.05, 0.1) is 5.92 Å². The molecule has 70 valence electrons. The summed E-state index contributed by atoms with van der Waals surface area (Å²) in [7, 11) is 0. The van der Waals surface area contributed by atoms with Gasteiger partial charge in [-0.15, -0.1) is 0 Å². The lowest BCUT2D eigenvalue weighted by Crippen LogP contribution is -2.12. The molecule has 0 heterocycles. The number of unbranched alkanes of at least 4 members (excludes halogenated alkanes) is 1. The van der Waals surface area contributed by atoms with Gasteiger partial charge in [0.1, 0.15) is 0 Å². The van der Waals surface area contributed by atoms with Gasteiger partial charge in [0, 0.05) is 0 Å². The fourth-order valence-electron chi connectivity index (χ4n) is 1.09. The smallest absolute Gasteiger partial charge is 0.306 e. The molecular weight excluding hydrogens is 152 g/mol. The second-order valence-electron chi connectivity index (χ2n) is 2.98. The van der Waals surface area contributed by atoms with Gasteiger partial charge in [-0.3, -0.25) is 4.79 Å². The van der Waals surface area contributed by atoms with Crippen LogP contribution in [0.4, 0.5) is 0 Å². The summed E-state index contributed by atoms with van der Waals surface area (Å²) in [4.78, 5) is 10.7. The third kappa shape index (κ3) is 4.94. The fourth-order valence-corrected chi connectivity index (χ4v) is 1.09. The molecule has 0 spiro atoms. The van der Waals surface area contributed by atoms with E-state index in [4.69, 9.17) is 5.11 Å². The van der Waals surface area contributed by atoms with E-state index in [1.807, 2.05) is 19.1 Å². The highest BCUT2D eigenvalue weighted by molar-refractivity contribution is 5.70. The van der Waals surface area contributed by atoms with Gasteiger partial charge in [-0.05, 0) is 19.8 Å². The van der Waals surface area contributed by atoms with Crippen LogP contribution in [0.3, 0.4) is 0 Å². The average molecular weight is 170 g/mol. The summed E-state index contributed by atoms with van der Waals surface area (Å²) >= 11 is 0. The number of carboxylic acid groups (broad SMARTS) is 1. The fraction of sp³-hybridized carbons (Fsp3) is 0.700. The summed E-state index contributed by atoms with van der Waals surface area (Å²) in [6, 6.07) is 0. The minimum atomic E-state index is -0.665. The van der Waals surface area contributed by atoms with Crippen LogP contribution in [0, 0.1) is 5.92 Å². The molecule has 0 saturated carbocycles.